The number of pyridine rings is 1. The Labute approximate surface area is 159 Å². The van der Waals surface area contributed by atoms with Gasteiger partial charge in [0.2, 0.25) is 0 Å². The Bertz CT molecular complexity index is 821. The topological polar surface area (TPSA) is 95.3 Å². The minimum atomic E-state index is -0.539. The number of ether oxygens (including phenoxy) is 2. The summed E-state index contributed by atoms with van der Waals surface area (Å²) >= 11 is 0. The molecule has 2 aromatic rings. The Morgan fingerprint density at radius 3 is 2.52 bits per heavy atom. The normalized spacial score (nSPS) is 12.1. The van der Waals surface area contributed by atoms with Gasteiger partial charge in [0.05, 0.1) is 30.2 Å². The third-order valence-electron chi connectivity index (χ3n) is 3.81. The molecule has 0 saturated heterocycles. The number of amides is 1. The number of aryl methyl sites for hydroxylation is 1. The fourth-order valence-electron chi connectivity index (χ4n) is 2.49. The van der Waals surface area contributed by atoms with Crippen molar-refractivity contribution in [3.63, 3.8) is 0 Å². The predicted molar refractivity (Wildman–Crippen MR) is 102 cm³/mol. The highest BCUT2D eigenvalue weighted by molar-refractivity contribution is 5.91. The zero-order chi connectivity index (χ0) is 20.2. The second-order valence-corrected chi connectivity index (χ2v) is 7.98. The van der Waals surface area contributed by atoms with Gasteiger partial charge >= 0.3 is 12.1 Å². The van der Waals surface area contributed by atoms with E-state index >= 15 is 0 Å². The van der Waals surface area contributed by atoms with E-state index in [0.29, 0.717) is 25.1 Å². The van der Waals surface area contributed by atoms with Crippen LogP contribution in [0.5, 0.6) is 0 Å². The van der Waals surface area contributed by atoms with Crippen molar-refractivity contribution in [2.75, 3.05) is 6.61 Å². The summed E-state index contributed by atoms with van der Waals surface area (Å²) in [5.74, 6) is -0.461. The zero-order valence-corrected chi connectivity index (χ0v) is 16.8. The van der Waals surface area contributed by atoms with Gasteiger partial charge in [-0.2, -0.15) is 0 Å². The predicted octanol–water partition coefficient (Wildman–Crippen LogP) is 3.30. The molecule has 0 aliphatic rings. The van der Waals surface area contributed by atoms with Gasteiger partial charge in [0, 0.05) is 12.1 Å². The maximum atomic E-state index is 12.0. The van der Waals surface area contributed by atoms with Gasteiger partial charge in [0.15, 0.2) is 5.69 Å². The molecule has 2 rings (SSSR count). The van der Waals surface area contributed by atoms with Crippen LogP contribution in [0.1, 0.15) is 58.5 Å². The number of carbonyl (C=O) groups excluding carboxylic acids is 2. The van der Waals surface area contributed by atoms with Crippen molar-refractivity contribution < 1.29 is 19.1 Å². The molecule has 2 heterocycles. The lowest BCUT2D eigenvalue weighted by Gasteiger charge is -2.28. The molecule has 0 bridgehead atoms. The summed E-state index contributed by atoms with van der Waals surface area (Å²) in [5, 5.41) is 2.89. The average molecular weight is 376 g/mol. The van der Waals surface area contributed by atoms with Crippen LogP contribution in [0.25, 0.3) is 11.0 Å². The lowest BCUT2D eigenvalue weighted by molar-refractivity contribution is 0.0464. The molecule has 1 N–H and O–H groups in total. The zero-order valence-electron chi connectivity index (χ0n) is 16.8. The van der Waals surface area contributed by atoms with E-state index in [2.05, 4.69) is 15.3 Å². The van der Waals surface area contributed by atoms with Crippen LogP contribution in [0.2, 0.25) is 0 Å². The van der Waals surface area contributed by atoms with E-state index in [1.165, 1.54) is 0 Å². The number of rotatable bonds is 6. The second kappa shape index (κ2) is 7.94. The quantitative estimate of drug-likeness (QED) is 0.777. The summed E-state index contributed by atoms with van der Waals surface area (Å²) < 4.78 is 12.2. The molecule has 0 radical (unpaired) electrons. The number of imidazole rings is 1. The first-order chi connectivity index (χ1) is 12.5. The standard InChI is InChI=1S/C19H28N4O4/c1-7-26-16(24)14-10-13-15(11-20-14)23(12-21-13)9-8-19(5,6)22-17(25)27-18(2,3)4/h10-12H,7-9H2,1-6H3,(H,22,25). The highest BCUT2D eigenvalue weighted by Crippen LogP contribution is 2.17. The third kappa shape index (κ3) is 5.94. The monoisotopic (exact) mass is 376 g/mol. The van der Waals surface area contributed by atoms with E-state index in [1.54, 1.807) is 25.5 Å². The molecule has 2 aromatic heterocycles. The molecular weight excluding hydrogens is 348 g/mol. The Kier molecular flexibility index (Phi) is 6.08. The van der Waals surface area contributed by atoms with Crippen molar-refractivity contribution in [1.29, 1.82) is 0 Å². The fraction of sp³-hybridized carbons (Fsp3) is 0.579. The van der Waals surface area contributed by atoms with Gasteiger partial charge in [-0.1, -0.05) is 0 Å². The number of fused-ring (bicyclic) bond motifs is 1. The van der Waals surface area contributed by atoms with Crippen LogP contribution in [-0.2, 0) is 16.0 Å². The van der Waals surface area contributed by atoms with E-state index < -0.39 is 23.2 Å². The van der Waals surface area contributed by atoms with E-state index in [4.69, 9.17) is 9.47 Å². The first kappa shape index (κ1) is 20.7. The first-order valence-corrected chi connectivity index (χ1v) is 9.00. The van der Waals surface area contributed by atoms with Crippen molar-refractivity contribution in [3.05, 3.63) is 24.3 Å². The molecule has 0 spiro atoms. The molecule has 0 aliphatic carbocycles. The molecule has 0 fully saturated rings. The van der Waals surface area contributed by atoms with Crippen LogP contribution in [0.4, 0.5) is 4.79 Å². The van der Waals surface area contributed by atoms with Crippen molar-refractivity contribution in [2.24, 2.45) is 0 Å². The van der Waals surface area contributed by atoms with Gasteiger partial charge in [-0.15, -0.1) is 0 Å². The smallest absolute Gasteiger partial charge is 0.408 e. The van der Waals surface area contributed by atoms with E-state index in [0.717, 1.165) is 5.52 Å². The van der Waals surface area contributed by atoms with Crippen LogP contribution in [0.15, 0.2) is 18.6 Å². The molecule has 1 amide bonds. The van der Waals surface area contributed by atoms with Crippen LogP contribution in [-0.4, -0.2) is 44.3 Å². The molecule has 0 aliphatic heterocycles. The number of hydrogen-bond acceptors (Lipinski definition) is 6. The van der Waals surface area contributed by atoms with Gasteiger partial charge in [0.25, 0.3) is 0 Å². The van der Waals surface area contributed by atoms with Gasteiger partial charge in [-0.05, 0) is 54.0 Å². The Morgan fingerprint density at radius 2 is 1.89 bits per heavy atom. The van der Waals surface area contributed by atoms with E-state index in [1.807, 2.05) is 39.2 Å². The first-order valence-electron chi connectivity index (χ1n) is 9.00. The second-order valence-electron chi connectivity index (χ2n) is 7.98. The molecule has 148 valence electrons. The molecule has 8 heteroatoms. The minimum absolute atomic E-state index is 0.238. The van der Waals surface area contributed by atoms with E-state index in [9.17, 15) is 9.59 Å². The van der Waals surface area contributed by atoms with Crippen LogP contribution < -0.4 is 5.32 Å². The molecule has 0 unspecified atom stereocenters. The van der Waals surface area contributed by atoms with Gasteiger partial charge in [-0.3, -0.25) is 0 Å². The summed E-state index contributed by atoms with van der Waals surface area (Å²) in [5.41, 5.74) is 0.726. The van der Waals surface area contributed by atoms with Crippen molar-refractivity contribution >= 4 is 23.1 Å². The van der Waals surface area contributed by atoms with Gasteiger partial charge in [-0.25, -0.2) is 19.6 Å². The number of alkyl carbamates (subject to hydrolysis) is 1. The fourth-order valence-corrected chi connectivity index (χ4v) is 2.49. The van der Waals surface area contributed by atoms with Gasteiger partial charge < -0.3 is 19.4 Å². The molecular formula is C19H28N4O4. The minimum Gasteiger partial charge on any atom is -0.461 e. The van der Waals surface area contributed by atoms with Crippen molar-refractivity contribution in [1.82, 2.24) is 19.9 Å². The lowest BCUT2D eigenvalue weighted by Crippen LogP contribution is -2.46. The molecule has 0 aromatic carbocycles. The summed E-state index contributed by atoms with van der Waals surface area (Å²) in [6.45, 7) is 12.0. The van der Waals surface area contributed by atoms with Crippen molar-refractivity contribution in [2.45, 2.75) is 65.6 Å². The number of carbonyl (C=O) groups is 2. The average Bonchev–Trinajstić information content (AvgIpc) is 2.93. The van der Waals surface area contributed by atoms with Crippen LogP contribution in [0, 0.1) is 0 Å². The molecule has 0 saturated carbocycles. The van der Waals surface area contributed by atoms with E-state index in [-0.39, 0.29) is 5.69 Å². The maximum absolute atomic E-state index is 12.0. The lowest BCUT2D eigenvalue weighted by atomic mass is 10.0. The Morgan fingerprint density at radius 1 is 1.19 bits per heavy atom. The largest absolute Gasteiger partial charge is 0.461 e. The molecule has 27 heavy (non-hydrogen) atoms. The number of nitrogens with zero attached hydrogens (tertiary/aromatic N) is 3. The van der Waals surface area contributed by atoms with Crippen molar-refractivity contribution in [3.8, 4) is 0 Å². The summed E-state index contributed by atoms with van der Waals surface area (Å²) in [4.78, 5) is 32.3. The third-order valence-corrected chi connectivity index (χ3v) is 3.81. The van der Waals surface area contributed by atoms with Crippen LogP contribution >= 0.6 is 0 Å². The number of aromatic nitrogens is 3. The molecule has 0 atom stereocenters. The summed E-state index contributed by atoms with van der Waals surface area (Å²) in [6.07, 6.45) is 3.54. The van der Waals surface area contributed by atoms with Gasteiger partial charge in [0.1, 0.15) is 5.60 Å². The SMILES string of the molecule is CCOC(=O)c1cc2ncn(CCC(C)(C)NC(=O)OC(C)(C)C)c2cn1. The number of hydrogen-bond donors (Lipinski definition) is 1. The number of nitrogens with one attached hydrogen (secondary N) is 1. The number of esters is 1. The maximum Gasteiger partial charge on any atom is 0.408 e. The van der Waals surface area contributed by atoms with Crippen LogP contribution in [0.3, 0.4) is 0 Å². The highest BCUT2D eigenvalue weighted by Gasteiger charge is 2.24. The summed E-state index contributed by atoms with van der Waals surface area (Å²) in [6, 6.07) is 1.62. The highest BCUT2D eigenvalue weighted by atomic mass is 16.6. The Balaban J connectivity index is 2.04. The Hall–Kier alpha value is -2.64. The summed E-state index contributed by atoms with van der Waals surface area (Å²) in [7, 11) is 0. The molecule has 8 nitrogen and oxygen atoms in total.